The molecule has 0 N–H and O–H groups in total. The second kappa shape index (κ2) is 6.43. The van der Waals surface area contributed by atoms with Gasteiger partial charge < -0.3 is 4.90 Å². The number of carbonyl (C=O) groups excluding carboxylic acids is 1. The molecule has 1 aromatic carbocycles. The Hall–Kier alpha value is -2.50. The molecular formula is C19H23N5O. The predicted molar refractivity (Wildman–Crippen MR) is 96.1 cm³/mol. The molecule has 0 bridgehead atoms. The van der Waals surface area contributed by atoms with Gasteiger partial charge >= 0.3 is 0 Å². The molecule has 3 aromatic rings. The molecule has 4 rings (SSSR count). The zero-order valence-corrected chi connectivity index (χ0v) is 14.8. The number of aromatic nitrogens is 4. The third-order valence-electron chi connectivity index (χ3n) is 5.26. The van der Waals surface area contributed by atoms with E-state index < -0.39 is 0 Å². The summed E-state index contributed by atoms with van der Waals surface area (Å²) in [5.74, 6) is 0.127. The van der Waals surface area contributed by atoms with Gasteiger partial charge in [-0.25, -0.2) is 0 Å². The Bertz CT molecular complexity index is 926. The number of benzene rings is 1. The molecule has 6 heteroatoms. The largest absolute Gasteiger partial charge is 0.335 e. The molecule has 0 aliphatic heterocycles. The van der Waals surface area contributed by atoms with Crippen LogP contribution < -0.4 is 0 Å². The van der Waals surface area contributed by atoms with Gasteiger partial charge in [0.2, 0.25) is 5.91 Å². The van der Waals surface area contributed by atoms with E-state index in [-0.39, 0.29) is 5.91 Å². The molecule has 0 saturated heterocycles. The van der Waals surface area contributed by atoms with Gasteiger partial charge in [-0.05, 0) is 48.4 Å². The van der Waals surface area contributed by atoms with Crippen LogP contribution >= 0.6 is 0 Å². The summed E-state index contributed by atoms with van der Waals surface area (Å²) in [4.78, 5) is 14.3. The van der Waals surface area contributed by atoms with Crippen LogP contribution in [0.5, 0.6) is 0 Å². The summed E-state index contributed by atoms with van der Waals surface area (Å²) < 4.78 is 1.78. The molecule has 1 aliphatic rings. The van der Waals surface area contributed by atoms with E-state index in [0.717, 1.165) is 35.0 Å². The van der Waals surface area contributed by atoms with Crippen LogP contribution in [0.1, 0.15) is 50.2 Å². The first-order valence-corrected chi connectivity index (χ1v) is 9.01. The van der Waals surface area contributed by atoms with Crippen molar-refractivity contribution in [1.29, 1.82) is 0 Å². The molecule has 1 saturated carbocycles. The molecular weight excluding hydrogens is 314 g/mol. The molecule has 0 unspecified atom stereocenters. The first-order chi connectivity index (χ1) is 12.1. The number of nitrogens with zero attached hydrogens (tertiary/aromatic N) is 5. The minimum absolute atomic E-state index is 0.127. The van der Waals surface area contributed by atoms with Crippen LogP contribution in [0.15, 0.2) is 24.3 Å². The fraction of sp³-hybridized carbons (Fsp3) is 0.474. The summed E-state index contributed by atoms with van der Waals surface area (Å²) in [5.41, 5.74) is 3.92. The number of amides is 1. The highest BCUT2D eigenvalue weighted by Crippen LogP contribution is 2.26. The number of hydrogen-bond acceptors (Lipinski definition) is 4. The van der Waals surface area contributed by atoms with Gasteiger partial charge in [0.1, 0.15) is 0 Å². The Balaban J connectivity index is 1.78. The lowest BCUT2D eigenvalue weighted by Gasteiger charge is -2.33. The van der Waals surface area contributed by atoms with Crippen molar-refractivity contribution in [2.45, 2.75) is 58.5 Å². The molecule has 2 aromatic heterocycles. The first kappa shape index (κ1) is 16.0. The average Bonchev–Trinajstić information content (AvgIpc) is 3.09. The van der Waals surface area contributed by atoms with Crippen LogP contribution in [-0.2, 0) is 11.3 Å². The lowest BCUT2D eigenvalue weighted by atomic mass is 9.93. The lowest BCUT2D eigenvalue weighted by Crippen LogP contribution is -2.39. The highest BCUT2D eigenvalue weighted by molar-refractivity contribution is 5.84. The smallest absolute Gasteiger partial charge is 0.219 e. The fourth-order valence-corrected chi connectivity index (χ4v) is 3.97. The normalized spacial score (nSPS) is 15.8. The minimum atomic E-state index is 0.127. The quantitative estimate of drug-likeness (QED) is 0.736. The maximum atomic E-state index is 12.3. The van der Waals surface area contributed by atoms with Gasteiger partial charge in [0, 0.05) is 30.5 Å². The van der Waals surface area contributed by atoms with Crippen LogP contribution in [0.2, 0.25) is 0 Å². The summed E-state index contributed by atoms with van der Waals surface area (Å²) in [6.07, 6.45) is 5.86. The Morgan fingerprint density at radius 2 is 2.04 bits per heavy atom. The zero-order valence-electron chi connectivity index (χ0n) is 14.8. The third kappa shape index (κ3) is 2.97. The van der Waals surface area contributed by atoms with E-state index in [0.29, 0.717) is 12.6 Å². The van der Waals surface area contributed by atoms with E-state index in [1.165, 1.54) is 24.8 Å². The van der Waals surface area contributed by atoms with Crippen molar-refractivity contribution >= 4 is 22.5 Å². The molecule has 6 nitrogen and oxygen atoms in total. The van der Waals surface area contributed by atoms with Crippen molar-refractivity contribution in [1.82, 2.24) is 24.9 Å². The van der Waals surface area contributed by atoms with E-state index in [2.05, 4.69) is 40.6 Å². The Kier molecular flexibility index (Phi) is 4.11. The topological polar surface area (TPSA) is 63.4 Å². The Morgan fingerprint density at radius 3 is 2.80 bits per heavy atom. The summed E-state index contributed by atoms with van der Waals surface area (Å²) in [5, 5.41) is 13.3. The Morgan fingerprint density at radius 1 is 1.24 bits per heavy atom. The predicted octanol–water partition coefficient (Wildman–Crippen LogP) is 3.27. The second-order valence-corrected chi connectivity index (χ2v) is 7.08. The highest BCUT2D eigenvalue weighted by Gasteiger charge is 2.24. The van der Waals surface area contributed by atoms with Crippen LogP contribution in [0.25, 0.3) is 16.6 Å². The maximum absolute atomic E-state index is 12.3. The summed E-state index contributed by atoms with van der Waals surface area (Å²) in [6.45, 7) is 4.31. The van der Waals surface area contributed by atoms with Crippen molar-refractivity contribution in [2.24, 2.45) is 0 Å². The van der Waals surface area contributed by atoms with Gasteiger partial charge in [0.15, 0.2) is 5.65 Å². The standard InChI is InChI=1S/C19H23N5O/c1-13-8-9-18-15(10-13)11-16(19-20-21-22-24(18)19)12-23(14(2)25)17-6-4-3-5-7-17/h8-11,17H,3-7,12H2,1-2H3. The highest BCUT2D eigenvalue weighted by atomic mass is 16.2. The van der Waals surface area contributed by atoms with E-state index in [1.807, 2.05) is 11.0 Å². The minimum Gasteiger partial charge on any atom is -0.335 e. The van der Waals surface area contributed by atoms with Crippen LogP contribution in [0.4, 0.5) is 0 Å². The summed E-state index contributed by atoms with van der Waals surface area (Å²) in [6, 6.07) is 8.70. The molecule has 0 atom stereocenters. The van der Waals surface area contributed by atoms with Gasteiger partial charge in [0.25, 0.3) is 0 Å². The molecule has 0 spiro atoms. The van der Waals surface area contributed by atoms with E-state index in [4.69, 9.17) is 0 Å². The molecule has 25 heavy (non-hydrogen) atoms. The van der Waals surface area contributed by atoms with Crippen molar-refractivity contribution in [3.05, 3.63) is 35.4 Å². The van der Waals surface area contributed by atoms with Gasteiger partial charge in [0.05, 0.1) is 5.52 Å². The molecule has 1 amide bonds. The van der Waals surface area contributed by atoms with Gasteiger partial charge in [-0.3, -0.25) is 4.79 Å². The van der Waals surface area contributed by atoms with Gasteiger partial charge in [-0.2, -0.15) is 4.52 Å². The van der Waals surface area contributed by atoms with Gasteiger partial charge in [-0.15, -0.1) is 5.10 Å². The zero-order chi connectivity index (χ0) is 17.4. The number of aryl methyl sites for hydroxylation is 1. The maximum Gasteiger partial charge on any atom is 0.219 e. The summed E-state index contributed by atoms with van der Waals surface area (Å²) in [7, 11) is 0. The number of rotatable bonds is 3. The molecule has 130 valence electrons. The number of carbonyl (C=O) groups is 1. The molecule has 1 fully saturated rings. The van der Waals surface area contributed by atoms with Crippen molar-refractivity contribution in [2.75, 3.05) is 0 Å². The van der Waals surface area contributed by atoms with E-state index in [1.54, 1.807) is 11.4 Å². The van der Waals surface area contributed by atoms with Crippen molar-refractivity contribution in [3.63, 3.8) is 0 Å². The Labute approximate surface area is 146 Å². The van der Waals surface area contributed by atoms with Crippen molar-refractivity contribution in [3.8, 4) is 0 Å². The van der Waals surface area contributed by atoms with Crippen LogP contribution in [-0.4, -0.2) is 36.9 Å². The SMILES string of the molecule is CC(=O)N(Cc1cc2cc(C)ccc2n2nnnc12)C1CCCCC1. The van der Waals surface area contributed by atoms with Crippen molar-refractivity contribution < 1.29 is 4.79 Å². The second-order valence-electron chi connectivity index (χ2n) is 7.08. The lowest BCUT2D eigenvalue weighted by molar-refractivity contribution is -0.132. The summed E-state index contributed by atoms with van der Waals surface area (Å²) >= 11 is 0. The van der Waals surface area contributed by atoms with E-state index >= 15 is 0 Å². The van der Waals surface area contributed by atoms with Crippen LogP contribution in [0.3, 0.4) is 0 Å². The fourth-order valence-electron chi connectivity index (χ4n) is 3.97. The first-order valence-electron chi connectivity index (χ1n) is 9.01. The number of fused-ring (bicyclic) bond motifs is 3. The van der Waals surface area contributed by atoms with Crippen LogP contribution in [0, 0.1) is 6.92 Å². The molecule has 2 heterocycles. The number of hydrogen-bond donors (Lipinski definition) is 0. The van der Waals surface area contributed by atoms with E-state index in [9.17, 15) is 4.79 Å². The number of tetrazole rings is 1. The average molecular weight is 337 g/mol. The third-order valence-corrected chi connectivity index (χ3v) is 5.26. The monoisotopic (exact) mass is 337 g/mol. The molecule has 1 aliphatic carbocycles. The number of pyridine rings is 1. The molecule has 0 radical (unpaired) electrons. The van der Waals surface area contributed by atoms with Gasteiger partial charge in [-0.1, -0.05) is 30.9 Å².